The Morgan fingerprint density at radius 1 is 1.00 bits per heavy atom. The summed E-state index contributed by atoms with van der Waals surface area (Å²) < 4.78 is 0. The van der Waals surface area contributed by atoms with E-state index in [0.717, 1.165) is 39.0 Å². The third-order valence-electron chi connectivity index (χ3n) is 4.20. The number of benzene rings is 2. The van der Waals surface area contributed by atoms with Gasteiger partial charge in [-0.1, -0.05) is 36.4 Å². The largest absolute Gasteiger partial charge is 0.364 e. The Balaban J connectivity index is 1.92. The van der Waals surface area contributed by atoms with Crippen molar-refractivity contribution in [3.8, 4) is 22.4 Å². The first-order valence-corrected chi connectivity index (χ1v) is 7.95. The van der Waals surface area contributed by atoms with Crippen molar-refractivity contribution < 1.29 is 4.79 Å². The number of aromatic amines is 1. The lowest BCUT2D eigenvalue weighted by Gasteiger charge is -2.10. The molecular weight excluding hydrogens is 312 g/mol. The molecule has 0 radical (unpaired) electrons. The van der Waals surface area contributed by atoms with Gasteiger partial charge in [0.2, 0.25) is 0 Å². The Labute approximate surface area is 144 Å². The maximum absolute atomic E-state index is 11.6. The maximum atomic E-state index is 11.6. The number of nitrogens with zero attached hydrogens (tertiary/aromatic N) is 2. The number of carbonyl (C=O) groups is 1. The molecule has 0 atom stereocenters. The average Bonchev–Trinajstić information content (AvgIpc) is 3.05. The van der Waals surface area contributed by atoms with Gasteiger partial charge in [0.25, 0.3) is 5.91 Å². The van der Waals surface area contributed by atoms with Crippen LogP contribution in [0.4, 0.5) is 0 Å². The molecule has 5 nitrogen and oxygen atoms in total. The highest BCUT2D eigenvalue weighted by atomic mass is 16.1. The smallest absolute Gasteiger partial charge is 0.269 e. The van der Waals surface area contributed by atoms with Crippen LogP contribution in [0.25, 0.3) is 33.3 Å². The SMILES string of the molecule is Cc1cccc(-c2ccccc2-c2ccc3[nH]nc(C(N)=O)c3c2)n1. The quantitative estimate of drug-likeness (QED) is 0.601. The van der Waals surface area contributed by atoms with Gasteiger partial charge >= 0.3 is 0 Å². The number of rotatable bonds is 3. The molecule has 0 aliphatic carbocycles. The molecule has 5 heteroatoms. The number of aromatic nitrogens is 3. The number of hydrogen-bond acceptors (Lipinski definition) is 3. The number of H-pyrrole nitrogens is 1. The summed E-state index contributed by atoms with van der Waals surface area (Å²) >= 11 is 0. The zero-order valence-electron chi connectivity index (χ0n) is 13.7. The number of aryl methyl sites for hydroxylation is 1. The molecule has 0 bridgehead atoms. The molecule has 122 valence electrons. The van der Waals surface area contributed by atoms with Crippen LogP contribution in [0.2, 0.25) is 0 Å². The molecule has 2 aromatic heterocycles. The Kier molecular flexibility index (Phi) is 3.54. The van der Waals surface area contributed by atoms with E-state index >= 15 is 0 Å². The molecule has 0 unspecified atom stereocenters. The topological polar surface area (TPSA) is 84.7 Å². The Bertz CT molecular complexity index is 1100. The van der Waals surface area contributed by atoms with Gasteiger partial charge in [-0.3, -0.25) is 14.9 Å². The zero-order valence-corrected chi connectivity index (χ0v) is 13.7. The summed E-state index contributed by atoms with van der Waals surface area (Å²) in [4.78, 5) is 16.2. The van der Waals surface area contributed by atoms with Crippen LogP contribution >= 0.6 is 0 Å². The summed E-state index contributed by atoms with van der Waals surface area (Å²) in [6, 6.07) is 19.9. The van der Waals surface area contributed by atoms with Crippen molar-refractivity contribution in [2.45, 2.75) is 6.92 Å². The second-order valence-corrected chi connectivity index (χ2v) is 5.91. The van der Waals surface area contributed by atoms with Crippen molar-refractivity contribution >= 4 is 16.8 Å². The average molecular weight is 328 g/mol. The van der Waals surface area contributed by atoms with Crippen LogP contribution < -0.4 is 5.73 Å². The number of primary amides is 1. The highest BCUT2D eigenvalue weighted by molar-refractivity contribution is 6.05. The molecule has 2 heterocycles. The summed E-state index contributed by atoms with van der Waals surface area (Å²) in [7, 11) is 0. The molecule has 25 heavy (non-hydrogen) atoms. The first kappa shape index (κ1) is 15.1. The van der Waals surface area contributed by atoms with Crippen LogP contribution in [-0.4, -0.2) is 21.1 Å². The minimum Gasteiger partial charge on any atom is -0.364 e. The molecule has 0 saturated carbocycles. The van der Waals surface area contributed by atoms with E-state index in [4.69, 9.17) is 5.73 Å². The van der Waals surface area contributed by atoms with Crippen LogP contribution in [0.3, 0.4) is 0 Å². The molecule has 1 amide bonds. The summed E-state index contributed by atoms with van der Waals surface area (Å²) in [5.41, 5.74) is 11.4. The molecule has 0 saturated heterocycles. The van der Waals surface area contributed by atoms with Crippen LogP contribution in [0.1, 0.15) is 16.2 Å². The first-order valence-electron chi connectivity index (χ1n) is 7.95. The number of pyridine rings is 1. The predicted molar refractivity (Wildman–Crippen MR) is 98.0 cm³/mol. The monoisotopic (exact) mass is 328 g/mol. The van der Waals surface area contributed by atoms with Gasteiger partial charge < -0.3 is 5.73 Å². The third-order valence-corrected chi connectivity index (χ3v) is 4.20. The molecule has 3 N–H and O–H groups in total. The number of fused-ring (bicyclic) bond motifs is 1. The Morgan fingerprint density at radius 3 is 2.56 bits per heavy atom. The highest BCUT2D eigenvalue weighted by Gasteiger charge is 2.14. The molecule has 4 rings (SSSR count). The molecule has 4 aromatic rings. The van der Waals surface area contributed by atoms with E-state index in [1.54, 1.807) is 0 Å². The van der Waals surface area contributed by atoms with Gasteiger partial charge in [0.15, 0.2) is 5.69 Å². The molecule has 0 aliphatic rings. The summed E-state index contributed by atoms with van der Waals surface area (Å²) in [6.07, 6.45) is 0. The molecule has 0 aliphatic heterocycles. The van der Waals surface area contributed by atoms with Crippen LogP contribution in [0.15, 0.2) is 60.7 Å². The number of nitrogens with two attached hydrogens (primary N) is 1. The fourth-order valence-corrected chi connectivity index (χ4v) is 3.02. The minimum absolute atomic E-state index is 0.253. The van der Waals surface area contributed by atoms with E-state index in [1.165, 1.54) is 0 Å². The molecule has 0 fully saturated rings. The van der Waals surface area contributed by atoms with E-state index in [-0.39, 0.29) is 5.69 Å². The highest BCUT2D eigenvalue weighted by Crippen LogP contribution is 2.33. The normalized spacial score (nSPS) is 10.9. The van der Waals surface area contributed by atoms with E-state index in [9.17, 15) is 4.79 Å². The molecule has 2 aromatic carbocycles. The molecule has 0 spiro atoms. The number of carbonyl (C=O) groups excluding carboxylic acids is 1. The van der Waals surface area contributed by atoms with Gasteiger partial charge in [-0.15, -0.1) is 0 Å². The van der Waals surface area contributed by atoms with Gasteiger partial charge in [0.05, 0.1) is 11.2 Å². The lowest BCUT2D eigenvalue weighted by atomic mass is 9.96. The predicted octanol–water partition coefficient (Wildman–Crippen LogP) is 3.70. The second-order valence-electron chi connectivity index (χ2n) is 5.91. The standard InChI is InChI=1S/C20H16N4O/c1-12-5-4-8-17(22-12)15-7-3-2-6-14(15)13-9-10-18-16(11-13)19(20(21)25)24-23-18/h2-11H,1H3,(H2,21,25)(H,23,24). The van der Waals surface area contributed by atoms with Gasteiger partial charge in [0, 0.05) is 16.6 Å². The van der Waals surface area contributed by atoms with Crippen LogP contribution in [0.5, 0.6) is 0 Å². The summed E-state index contributed by atoms with van der Waals surface area (Å²) in [5.74, 6) is -0.544. The Hall–Kier alpha value is -3.47. The summed E-state index contributed by atoms with van der Waals surface area (Å²) in [6.45, 7) is 1.97. The van der Waals surface area contributed by atoms with Crippen LogP contribution in [-0.2, 0) is 0 Å². The van der Waals surface area contributed by atoms with Gasteiger partial charge in [-0.25, -0.2) is 0 Å². The van der Waals surface area contributed by atoms with Gasteiger partial charge in [0.1, 0.15) is 0 Å². The zero-order chi connectivity index (χ0) is 17.4. The molecular formula is C20H16N4O. The first-order chi connectivity index (χ1) is 12.1. The lowest BCUT2D eigenvalue weighted by Crippen LogP contribution is -2.11. The summed E-state index contributed by atoms with van der Waals surface area (Å²) in [5, 5.41) is 7.57. The lowest BCUT2D eigenvalue weighted by molar-refractivity contribution is 0.0997. The van der Waals surface area contributed by atoms with Crippen molar-refractivity contribution in [2.24, 2.45) is 5.73 Å². The van der Waals surface area contributed by atoms with Crippen molar-refractivity contribution in [1.82, 2.24) is 15.2 Å². The Morgan fingerprint density at radius 2 is 1.80 bits per heavy atom. The van der Waals surface area contributed by atoms with Crippen molar-refractivity contribution in [1.29, 1.82) is 0 Å². The fourth-order valence-electron chi connectivity index (χ4n) is 3.02. The van der Waals surface area contributed by atoms with Gasteiger partial charge in [-0.05, 0) is 42.3 Å². The van der Waals surface area contributed by atoms with Crippen molar-refractivity contribution in [2.75, 3.05) is 0 Å². The van der Waals surface area contributed by atoms with E-state index < -0.39 is 5.91 Å². The number of amides is 1. The second kappa shape index (κ2) is 5.87. The van der Waals surface area contributed by atoms with Gasteiger partial charge in [-0.2, -0.15) is 5.10 Å². The van der Waals surface area contributed by atoms with E-state index in [2.05, 4.69) is 15.2 Å². The van der Waals surface area contributed by atoms with E-state index in [1.807, 2.05) is 67.6 Å². The number of hydrogen-bond donors (Lipinski definition) is 2. The van der Waals surface area contributed by atoms with Crippen molar-refractivity contribution in [3.63, 3.8) is 0 Å². The van der Waals surface area contributed by atoms with E-state index in [0.29, 0.717) is 0 Å². The number of nitrogens with one attached hydrogen (secondary N) is 1. The van der Waals surface area contributed by atoms with Crippen LogP contribution in [0, 0.1) is 6.92 Å². The maximum Gasteiger partial charge on any atom is 0.269 e. The third kappa shape index (κ3) is 2.65. The van der Waals surface area contributed by atoms with Crippen molar-refractivity contribution in [3.05, 3.63) is 72.1 Å². The minimum atomic E-state index is -0.544. The fraction of sp³-hybridized carbons (Fsp3) is 0.0500.